The van der Waals surface area contributed by atoms with Crippen LogP contribution in [-0.4, -0.2) is 6.61 Å². The lowest BCUT2D eigenvalue weighted by molar-refractivity contribution is 0.229. The molecule has 0 rings (SSSR count). The van der Waals surface area contributed by atoms with Gasteiger partial charge in [-0.25, -0.2) is 5.11 Å². The molecule has 0 aliphatic heterocycles. The van der Waals surface area contributed by atoms with E-state index < -0.39 is 0 Å². The van der Waals surface area contributed by atoms with Crippen molar-refractivity contribution in [2.24, 2.45) is 0 Å². The van der Waals surface area contributed by atoms with Gasteiger partial charge in [0, 0.05) is 5.03 Å². The zero-order valence-electron chi connectivity index (χ0n) is 2.70. The monoisotopic (exact) mass is 91.0 g/mol. The van der Waals surface area contributed by atoms with Crippen molar-refractivity contribution in [2.45, 2.75) is 0 Å². The van der Waals surface area contributed by atoms with E-state index in [1.54, 1.807) is 0 Å². The van der Waals surface area contributed by atoms with E-state index in [-0.39, 0.29) is 11.6 Å². The molecular formula is C3H4ClO. The normalized spacial score (nSPS) is 7.60. The molecule has 0 aliphatic carbocycles. The first kappa shape index (κ1) is 4.99. The van der Waals surface area contributed by atoms with Crippen LogP contribution in [0.2, 0.25) is 0 Å². The summed E-state index contributed by atoms with van der Waals surface area (Å²) in [6.45, 7) is 2.75. The van der Waals surface area contributed by atoms with Crippen LogP contribution < -0.4 is 0 Å². The lowest BCUT2D eigenvalue weighted by Gasteiger charge is -1.73. The largest absolute Gasteiger partial charge is 0.231 e. The second kappa shape index (κ2) is 2.24. The molecule has 0 heterocycles. The molecule has 0 fully saturated rings. The van der Waals surface area contributed by atoms with Crippen molar-refractivity contribution in [1.29, 1.82) is 0 Å². The van der Waals surface area contributed by atoms with Gasteiger partial charge in [0.2, 0.25) is 0 Å². The first-order valence-corrected chi connectivity index (χ1v) is 1.56. The van der Waals surface area contributed by atoms with Gasteiger partial charge in [-0.15, -0.1) is 0 Å². The van der Waals surface area contributed by atoms with E-state index in [1.165, 1.54) is 0 Å². The van der Waals surface area contributed by atoms with Crippen LogP contribution in [0.4, 0.5) is 0 Å². The van der Waals surface area contributed by atoms with Crippen molar-refractivity contribution >= 4 is 11.6 Å². The summed E-state index contributed by atoms with van der Waals surface area (Å²) in [5.74, 6) is 0. The highest BCUT2D eigenvalue weighted by Gasteiger charge is 1.75. The molecule has 2 heteroatoms. The Kier molecular flexibility index (Phi) is 2.24. The van der Waals surface area contributed by atoms with E-state index in [9.17, 15) is 5.11 Å². The molecule has 0 saturated heterocycles. The van der Waals surface area contributed by atoms with Gasteiger partial charge in [0.15, 0.2) is 0 Å². The SMILES string of the molecule is C=C(Cl)C[O]. The van der Waals surface area contributed by atoms with Crippen LogP contribution >= 0.6 is 11.6 Å². The van der Waals surface area contributed by atoms with E-state index in [0.29, 0.717) is 0 Å². The zero-order chi connectivity index (χ0) is 4.28. The van der Waals surface area contributed by atoms with Crippen molar-refractivity contribution in [3.63, 3.8) is 0 Å². The van der Waals surface area contributed by atoms with Gasteiger partial charge in [-0.3, -0.25) is 0 Å². The number of rotatable bonds is 1. The summed E-state index contributed by atoms with van der Waals surface area (Å²) >= 11 is 4.96. The molecule has 0 bridgehead atoms. The zero-order valence-corrected chi connectivity index (χ0v) is 3.46. The van der Waals surface area contributed by atoms with Crippen molar-refractivity contribution in [2.75, 3.05) is 6.61 Å². The molecule has 0 unspecified atom stereocenters. The quantitative estimate of drug-likeness (QED) is 0.462. The van der Waals surface area contributed by atoms with Gasteiger partial charge in [0.05, 0.1) is 0 Å². The fourth-order valence-corrected chi connectivity index (χ4v) is 0. The third-order valence-corrected chi connectivity index (χ3v) is 0.266. The molecule has 0 saturated carbocycles. The molecule has 0 amide bonds. The highest BCUT2D eigenvalue weighted by atomic mass is 35.5. The minimum absolute atomic E-state index is 0.171. The van der Waals surface area contributed by atoms with E-state index >= 15 is 0 Å². The van der Waals surface area contributed by atoms with Crippen LogP contribution in [-0.2, 0) is 5.11 Å². The van der Waals surface area contributed by atoms with Crippen LogP contribution in [0.5, 0.6) is 0 Å². The summed E-state index contributed by atoms with van der Waals surface area (Å²) in [6, 6.07) is 0. The van der Waals surface area contributed by atoms with Crippen molar-refractivity contribution < 1.29 is 5.11 Å². The maximum absolute atomic E-state index is 9.40. The van der Waals surface area contributed by atoms with Crippen LogP contribution in [0.25, 0.3) is 0 Å². The van der Waals surface area contributed by atoms with Gasteiger partial charge in [-0.2, -0.15) is 0 Å². The fourth-order valence-electron chi connectivity index (χ4n) is 0. The van der Waals surface area contributed by atoms with Gasteiger partial charge in [0.1, 0.15) is 6.61 Å². The first-order chi connectivity index (χ1) is 2.27. The lowest BCUT2D eigenvalue weighted by atomic mass is 10.7. The summed E-state index contributed by atoms with van der Waals surface area (Å²) in [7, 11) is 0. The molecule has 1 nitrogen and oxygen atoms in total. The maximum atomic E-state index is 9.40. The summed E-state index contributed by atoms with van der Waals surface area (Å²) in [4.78, 5) is 0. The molecule has 1 radical (unpaired) electrons. The Morgan fingerprint density at radius 1 is 2.00 bits per heavy atom. The smallest absolute Gasteiger partial charge is 0.117 e. The third-order valence-electron chi connectivity index (χ3n) is 0.157. The molecule has 0 atom stereocenters. The summed E-state index contributed by atoms with van der Waals surface area (Å²) in [5.41, 5.74) is 0. The average molecular weight is 91.5 g/mol. The minimum atomic E-state index is -0.373. The number of halogens is 1. The Labute approximate surface area is 35.9 Å². The van der Waals surface area contributed by atoms with Gasteiger partial charge in [-0.05, 0) is 0 Å². The Hall–Kier alpha value is -0.0100. The molecule has 29 valence electrons. The maximum Gasteiger partial charge on any atom is 0.117 e. The molecule has 0 aromatic rings. The molecule has 5 heavy (non-hydrogen) atoms. The Bertz CT molecular complexity index is 42.2. The van der Waals surface area contributed by atoms with Gasteiger partial charge in [-0.1, -0.05) is 18.2 Å². The second-order valence-electron chi connectivity index (χ2n) is 0.662. The highest BCUT2D eigenvalue weighted by Crippen LogP contribution is 1.90. The molecule has 0 N–H and O–H groups in total. The predicted octanol–water partition coefficient (Wildman–Crippen LogP) is 1.17. The highest BCUT2D eigenvalue weighted by molar-refractivity contribution is 6.29. The van der Waals surface area contributed by atoms with Crippen molar-refractivity contribution in [3.8, 4) is 0 Å². The molecule has 0 aromatic heterocycles. The van der Waals surface area contributed by atoms with Crippen LogP contribution in [0, 0.1) is 0 Å². The van der Waals surface area contributed by atoms with E-state index in [2.05, 4.69) is 6.58 Å². The topological polar surface area (TPSA) is 19.9 Å². The minimum Gasteiger partial charge on any atom is -0.231 e. The lowest BCUT2D eigenvalue weighted by Crippen LogP contribution is -1.70. The molecule has 0 aliphatic rings. The molecular weight excluding hydrogens is 87.5 g/mol. The average Bonchev–Trinajstić information content (AvgIpc) is 1.38. The van der Waals surface area contributed by atoms with Crippen molar-refractivity contribution in [1.82, 2.24) is 0 Å². The predicted molar refractivity (Wildman–Crippen MR) is 20.5 cm³/mol. The molecule has 0 aromatic carbocycles. The van der Waals surface area contributed by atoms with Gasteiger partial charge in [0.25, 0.3) is 0 Å². The number of hydrogen-bond donors (Lipinski definition) is 0. The third kappa shape index (κ3) is 3.99. The van der Waals surface area contributed by atoms with E-state index in [4.69, 9.17) is 11.6 Å². The number of hydrogen-bond acceptors (Lipinski definition) is 0. The second-order valence-corrected chi connectivity index (χ2v) is 1.20. The van der Waals surface area contributed by atoms with Crippen molar-refractivity contribution in [3.05, 3.63) is 11.6 Å². The van der Waals surface area contributed by atoms with E-state index in [1.807, 2.05) is 0 Å². The Balaban J connectivity index is 2.85. The molecule has 0 spiro atoms. The van der Waals surface area contributed by atoms with Crippen LogP contribution in [0.15, 0.2) is 11.6 Å². The summed E-state index contributed by atoms with van der Waals surface area (Å²) in [6.07, 6.45) is 0. The van der Waals surface area contributed by atoms with Crippen LogP contribution in [0.3, 0.4) is 0 Å². The summed E-state index contributed by atoms with van der Waals surface area (Å²) < 4.78 is 0. The van der Waals surface area contributed by atoms with Gasteiger partial charge < -0.3 is 0 Å². The van der Waals surface area contributed by atoms with E-state index in [0.717, 1.165) is 0 Å². The first-order valence-electron chi connectivity index (χ1n) is 1.18. The van der Waals surface area contributed by atoms with Crippen LogP contribution in [0.1, 0.15) is 0 Å². The van der Waals surface area contributed by atoms with Gasteiger partial charge >= 0.3 is 0 Å². The fraction of sp³-hybridized carbons (Fsp3) is 0.333. The Morgan fingerprint density at radius 2 is 2.20 bits per heavy atom. The Morgan fingerprint density at radius 3 is 2.20 bits per heavy atom. The summed E-state index contributed by atoms with van der Waals surface area (Å²) in [5, 5.41) is 9.57. The standard InChI is InChI=1S/C3H4ClO/c1-3(4)2-5/h1-2H2.